The molecular formula is C17H25N5O. The molecule has 0 saturated carbocycles. The molecule has 2 N–H and O–H groups in total. The highest BCUT2D eigenvalue weighted by Crippen LogP contribution is 2.16. The minimum absolute atomic E-state index is 0.00852. The van der Waals surface area contributed by atoms with E-state index in [4.69, 9.17) is 5.73 Å². The molecule has 124 valence electrons. The van der Waals surface area contributed by atoms with Gasteiger partial charge in [-0.15, -0.1) is 0 Å². The standard InChI is InChI=1S/C17H25N5O/c1-12(2)15(18)7-8-21(4)17(23)14-5-6-16(13(3)9-14)22-11-19-10-20-22/h5-6,9-12,15H,7-8,18H2,1-4H3. The molecule has 1 atom stereocenters. The van der Waals surface area contributed by atoms with Crippen LogP contribution in [-0.2, 0) is 0 Å². The van der Waals surface area contributed by atoms with E-state index >= 15 is 0 Å². The Kier molecular flexibility index (Phi) is 5.50. The van der Waals surface area contributed by atoms with E-state index in [0.717, 1.165) is 17.7 Å². The number of aromatic nitrogens is 3. The first kappa shape index (κ1) is 17.1. The fourth-order valence-electron chi connectivity index (χ4n) is 2.38. The van der Waals surface area contributed by atoms with Crippen LogP contribution in [0.1, 0.15) is 36.2 Å². The molecule has 0 bridgehead atoms. The van der Waals surface area contributed by atoms with Gasteiger partial charge in [0, 0.05) is 25.2 Å². The number of aryl methyl sites for hydroxylation is 1. The summed E-state index contributed by atoms with van der Waals surface area (Å²) in [6.45, 7) is 6.81. The number of hydrogen-bond acceptors (Lipinski definition) is 4. The van der Waals surface area contributed by atoms with E-state index in [0.29, 0.717) is 18.0 Å². The summed E-state index contributed by atoms with van der Waals surface area (Å²) in [5, 5.41) is 4.12. The molecule has 2 aromatic rings. The van der Waals surface area contributed by atoms with Gasteiger partial charge in [-0.3, -0.25) is 4.79 Å². The summed E-state index contributed by atoms with van der Waals surface area (Å²) in [7, 11) is 1.82. The molecular weight excluding hydrogens is 290 g/mol. The normalized spacial score (nSPS) is 12.4. The Morgan fingerprint density at radius 3 is 2.70 bits per heavy atom. The molecule has 2 rings (SSSR count). The van der Waals surface area contributed by atoms with E-state index in [1.54, 1.807) is 15.9 Å². The first-order valence-corrected chi connectivity index (χ1v) is 7.87. The third-order valence-electron chi connectivity index (χ3n) is 4.11. The van der Waals surface area contributed by atoms with Crippen LogP contribution in [-0.4, -0.2) is 45.2 Å². The smallest absolute Gasteiger partial charge is 0.253 e. The summed E-state index contributed by atoms with van der Waals surface area (Å²) >= 11 is 0. The van der Waals surface area contributed by atoms with Crippen LogP contribution in [0.3, 0.4) is 0 Å². The summed E-state index contributed by atoms with van der Waals surface area (Å²) < 4.78 is 1.69. The summed E-state index contributed by atoms with van der Waals surface area (Å²) in [5.74, 6) is 0.428. The van der Waals surface area contributed by atoms with Crippen molar-refractivity contribution in [1.82, 2.24) is 19.7 Å². The summed E-state index contributed by atoms with van der Waals surface area (Å²) in [6, 6.07) is 5.72. The lowest BCUT2D eigenvalue weighted by Crippen LogP contribution is -2.34. The van der Waals surface area contributed by atoms with Crippen LogP contribution in [0.5, 0.6) is 0 Å². The Balaban J connectivity index is 2.06. The van der Waals surface area contributed by atoms with Gasteiger partial charge in [0.25, 0.3) is 5.91 Å². The zero-order valence-electron chi connectivity index (χ0n) is 14.2. The van der Waals surface area contributed by atoms with Crippen molar-refractivity contribution in [1.29, 1.82) is 0 Å². The first-order chi connectivity index (χ1) is 10.9. The topological polar surface area (TPSA) is 77.0 Å². The summed E-state index contributed by atoms with van der Waals surface area (Å²) in [4.78, 5) is 18.2. The maximum Gasteiger partial charge on any atom is 0.253 e. The maximum atomic E-state index is 12.5. The lowest BCUT2D eigenvalue weighted by atomic mass is 10.0. The number of rotatable bonds is 6. The van der Waals surface area contributed by atoms with Crippen LogP contribution in [0.4, 0.5) is 0 Å². The fourth-order valence-corrected chi connectivity index (χ4v) is 2.38. The van der Waals surface area contributed by atoms with Gasteiger partial charge in [-0.2, -0.15) is 5.10 Å². The number of carbonyl (C=O) groups excluding carboxylic acids is 1. The van der Waals surface area contributed by atoms with Crippen molar-refractivity contribution < 1.29 is 4.79 Å². The van der Waals surface area contributed by atoms with Crippen LogP contribution in [0.25, 0.3) is 5.69 Å². The highest BCUT2D eigenvalue weighted by atomic mass is 16.2. The zero-order chi connectivity index (χ0) is 17.0. The van der Waals surface area contributed by atoms with Gasteiger partial charge in [0.05, 0.1) is 5.69 Å². The fraction of sp³-hybridized carbons (Fsp3) is 0.471. The molecule has 1 heterocycles. The number of benzene rings is 1. The Hall–Kier alpha value is -2.21. The van der Waals surface area contributed by atoms with Gasteiger partial charge in [-0.1, -0.05) is 13.8 Å². The Labute approximate surface area is 137 Å². The summed E-state index contributed by atoms with van der Waals surface area (Å²) in [6.07, 6.45) is 3.93. The molecule has 23 heavy (non-hydrogen) atoms. The van der Waals surface area contributed by atoms with Gasteiger partial charge < -0.3 is 10.6 Å². The van der Waals surface area contributed by atoms with Crippen molar-refractivity contribution >= 4 is 5.91 Å². The van der Waals surface area contributed by atoms with E-state index in [-0.39, 0.29) is 11.9 Å². The third-order valence-corrected chi connectivity index (χ3v) is 4.11. The summed E-state index contributed by atoms with van der Waals surface area (Å²) in [5.41, 5.74) is 8.62. The van der Waals surface area contributed by atoms with Gasteiger partial charge >= 0.3 is 0 Å². The van der Waals surface area contributed by atoms with Crippen LogP contribution in [0, 0.1) is 12.8 Å². The van der Waals surface area contributed by atoms with Gasteiger partial charge in [-0.25, -0.2) is 9.67 Å². The molecule has 0 fully saturated rings. The quantitative estimate of drug-likeness (QED) is 0.884. The number of carbonyl (C=O) groups is 1. The number of nitrogens with zero attached hydrogens (tertiary/aromatic N) is 4. The Morgan fingerprint density at radius 1 is 1.39 bits per heavy atom. The molecule has 1 aromatic carbocycles. The van der Waals surface area contributed by atoms with Crippen molar-refractivity contribution in [3.05, 3.63) is 42.0 Å². The van der Waals surface area contributed by atoms with Crippen LogP contribution in [0.15, 0.2) is 30.9 Å². The second-order valence-electron chi connectivity index (χ2n) is 6.26. The van der Waals surface area contributed by atoms with E-state index in [1.165, 1.54) is 6.33 Å². The van der Waals surface area contributed by atoms with Crippen molar-refractivity contribution in [2.45, 2.75) is 33.2 Å². The van der Waals surface area contributed by atoms with Crippen LogP contribution >= 0.6 is 0 Å². The highest BCUT2D eigenvalue weighted by molar-refractivity contribution is 5.94. The minimum Gasteiger partial charge on any atom is -0.342 e. The molecule has 0 aliphatic rings. The van der Waals surface area contributed by atoms with E-state index < -0.39 is 0 Å². The number of hydrogen-bond donors (Lipinski definition) is 1. The average molecular weight is 315 g/mol. The third kappa shape index (κ3) is 4.16. The van der Waals surface area contributed by atoms with E-state index in [2.05, 4.69) is 23.9 Å². The van der Waals surface area contributed by atoms with Gasteiger partial charge in [0.1, 0.15) is 12.7 Å². The minimum atomic E-state index is 0.00852. The van der Waals surface area contributed by atoms with Crippen LogP contribution in [0.2, 0.25) is 0 Å². The number of amides is 1. The predicted molar refractivity (Wildman–Crippen MR) is 90.5 cm³/mol. The van der Waals surface area contributed by atoms with Crippen molar-refractivity contribution in [3.8, 4) is 5.69 Å². The lowest BCUT2D eigenvalue weighted by Gasteiger charge is -2.22. The second-order valence-corrected chi connectivity index (χ2v) is 6.26. The van der Waals surface area contributed by atoms with Crippen molar-refractivity contribution in [3.63, 3.8) is 0 Å². The van der Waals surface area contributed by atoms with E-state index in [1.807, 2.05) is 32.2 Å². The Bertz CT molecular complexity index is 651. The second kappa shape index (κ2) is 7.37. The molecule has 1 unspecified atom stereocenters. The number of nitrogens with two attached hydrogens (primary N) is 1. The van der Waals surface area contributed by atoms with Gasteiger partial charge in [0.15, 0.2) is 0 Å². The molecule has 6 nitrogen and oxygen atoms in total. The average Bonchev–Trinajstić information content (AvgIpc) is 3.05. The first-order valence-electron chi connectivity index (χ1n) is 7.87. The molecule has 0 radical (unpaired) electrons. The molecule has 6 heteroatoms. The largest absolute Gasteiger partial charge is 0.342 e. The maximum absolute atomic E-state index is 12.5. The monoisotopic (exact) mass is 315 g/mol. The van der Waals surface area contributed by atoms with Crippen molar-refractivity contribution in [2.75, 3.05) is 13.6 Å². The molecule has 0 aliphatic carbocycles. The zero-order valence-corrected chi connectivity index (χ0v) is 14.2. The SMILES string of the molecule is Cc1cc(C(=O)N(C)CCC(N)C(C)C)ccc1-n1cncn1. The Morgan fingerprint density at radius 2 is 2.13 bits per heavy atom. The lowest BCUT2D eigenvalue weighted by molar-refractivity contribution is 0.0789. The van der Waals surface area contributed by atoms with Gasteiger partial charge in [-0.05, 0) is 43.0 Å². The molecule has 1 aromatic heterocycles. The van der Waals surface area contributed by atoms with Crippen molar-refractivity contribution in [2.24, 2.45) is 11.7 Å². The molecule has 0 spiro atoms. The van der Waals surface area contributed by atoms with E-state index in [9.17, 15) is 4.79 Å². The molecule has 0 aliphatic heterocycles. The highest BCUT2D eigenvalue weighted by Gasteiger charge is 2.15. The van der Waals surface area contributed by atoms with Crippen LogP contribution < -0.4 is 5.73 Å². The molecule has 1 amide bonds. The molecule has 0 saturated heterocycles. The van der Waals surface area contributed by atoms with Gasteiger partial charge in [0.2, 0.25) is 0 Å². The predicted octanol–water partition coefficient (Wildman–Crippen LogP) is 2.02.